The van der Waals surface area contributed by atoms with Crippen molar-refractivity contribution in [3.8, 4) is 28.1 Å². The summed E-state index contributed by atoms with van der Waals surface area (Å²) >= 11 is 0. The zero-order chi connectivity index (χ0) is 28.9. The number of carbonyl (C=O) groups is 1. The first-order valence-corrected chi connectivity index (χ1v) is 15.9. The number of hydrogen-bond acceptors (Lipinski definition) is 3. The van der Waals surface area contributed by atoms with Gasteiger partial charge in [-0.1, -0.05) is 144 Å². The zero-order valence-electron chi connectivity index (χ0n) is 25.5. The van der Waals surface area contributed by atoms with Gasteiger partial charge in [0.2, 0.25) is 0 Å². The molecule has 0 unspecified atom stereocenters. The maximum absolute atomic E-state index is 13.1. The van der Waals surface area contributed by atoms with E-state index in [1.807, 2.05) is 16.6 Å². The summed E-state index contributed by atoms with van der Waals surface area (Å²) in [5.74, 6) is 0.422. The first kappa shape index (κ1) is 30.6. The van der Waals surface area contributed by atoms with Gasteiger partial charge in [-0.25, -0.2) is 4.52 Å². The van der Waals surface area contributed by atoms with Gasteiger partial charge in [-0.3, -0.25) is 4.79 Å². The zero-order valence-corrected chi connectivity index (χ0v) is 25.5. The molecule has 0 saturated carbocycles. The van der Waals surface area contributed by atoms with Crippen molar-refractivity contribution < 1.29 is 9.53 Å². The van der Waals surface area contributed by atoms with Crippen LogP contribution in [0, 0.1) is 13.8 Å². The summed E-state index contributed by atoms with van der Waals surface area (Å²) in [7, 11) is 0. The van der Waals surface area contributed by atoms with Gasteiger partial charge < -0.3 is 4.74 Å². The third-order valence-corrected chi connectivity index (χ3v) is 8.02. The number of rotatable bonds is 17. The topological polar surface area (TPSA) is 43.6 Å². The van der Waals surface area contributed by atoms with Gasteiger partial charge in [0.05, 0.1) is 11.3 Å². The average Bonchev–Trinajstić information content (AvgIpc) is 3.30. The predicted octanol–water partition coefficient (Wildman–Crippen LogP) is 10.7. The van der Waals surface area contributed by atoms with Crippen molar-refractivity contribution in [3.63, 3.8) is 0 Å². The van der Waals surface area contributed by atoms with Crippen LogP contribution in [0.2, 0.25) is 0 Å². The van der Waals surface area contributed by atoms with Crippen LogP contribution in [0.3, 0.4) is 0 Å². The number of carbonyl (C=O) groups excluding carboxylic acids is 1. The Hall–Kier alpha value is -3.40. The van der Waals surface area contributed by atoms with Crippen LogP contribution in [0.5, 0.6) is 5.75 Å². The summed E-state index contributed by atoms with van der Waals surface area (Å²) in [4.78, 5) is 13.1. The number of unbranched alkanes of at least 4 members (excludes halogenated alkanes) is 12. The Morgan fingerprint density at radius 1 is 0.683 bits per heavy atom. The van der Waals surface area contributed by atoms with E-state index in [0.717, 1.165) is 40.7 Å². The molecular weight excluding hydrogens is 504 g/mol. The maximum Gasteiger partial charge on any atom is 0.311 e. The van der Waals surface area contributed by atoms with Crippen molar-refractivity contribution in [2.75, 3.05) is 0 Å². The molecule has 4 nitrogen and oxygen atoms in total. The second-order valence-corrected chi connectivity index (χ2v) is 11.6. The highest BCUT2D eigenvalue weighted by Crippen LogP contribution is 2.44. The SMILES string of the molecule is CCCCCCCCCCCCCCCC(=O)Oc1c(-c2ccc(C)cc2)c(-c2ccc(C)cc2)n2ncccc12. The van der Waals surface area contributed by atoms with Gasteiger partial charge in [0.1, 0.15) is 5.52 Å². The Balaban J connectivity index is 1.37. The van der Waals surface area contributed by atoms with Crippen LogP contribution in [0.1, 0.15) is 108 Å². The van der Waals surface area contributed by atoms with Crippen LogP contribution < -0.4 is 4.74 Å². The van der Waals surface area contributed by atoms with Crippen molar-refractivity contribution in [1.82, 2.24) is 9.61 Å². The van der Waals surface area contributed by atoms with Crippen molar-refractivity contribution >= 4 is 11.5 Å². The minimum Gasteiger partial charge on any atom is -0.423 e. The molecule has 2 heterocycles. The third kappa shape index (κ3) is 8.79. The molecular formula is C37H48N2O2. The van der Waals surface area contributed by atoms with E-state index in [2.05, 4.69) is 74.4 Å². The Morgan fingerprint density at radius 2 is 1.20 bits per heavy atom. The van der Waals surface area contributed by atoms with Crippen molar-refractivity contribution in [3.05, 3.63) is 78.0 Å². The fourth-order valence-electron chi connectivity index (χ4n) is 5.59. The summed E-state index contributed by atoms with van der Waals surface area (Å²) in [5.41, 5.74) is 7.09. The van der Waals surface area contributed by atoms with E-state index in [0.29, 0.717) is 12.2 Å². The highest BCUT2D eigenvalue weighted by molar-refractivity contribution is 5.95. The summed E-state index contributed by atoms with van der Waals surface area (Å²) in [5, 5.41) is 4.68. The van der Waals surface area contributed by atoms with Gasteiger partial charge in [-0.05, 0) is 38.0 Å². The third-order valence-electron chi connectivity index (χ3n) is 8.02. The van der Waals surface area contributed by atoms with E-state index in [-0.39, 0.29) is 5.97 Å². The van der Waals surface area contributed by atoms with Gasteiger partial charge in [0, 0.05) is 18.2 Å². The fraction of sp³-hybridized carbons (Fsp3) is 0.459. The summed E-state index contributed by atoms with van der Waals surface area (Å²) in [6.45, 7) is 6.44. The molecule has 218 valence electrons. The van der Waals surface area contributed by atoms with E-state index in [9.17, 15) is 4.79 Å². The molecule has 2 aromatic heterocycles. The van der Waals surface area contributed by atoms with Crippen LogP contribution in [-0.4, -0.2) is 15.6 Å². The number of nitrogens with zero attached hydrogens (tertiary/aromatic N) is 2. The molecule has 0 aliphatic carbocycles. The number of ether oxygens (including phenoxy) is 1. The Morgan fingerprint density at radius 3 is 1.76 bits per heavy atom. The Kier molecular flexibility index (Phi) is 12.0. The lowest BCUT2D eigenvalue weighted by Crippen LogP contribution is -2.08. The first-order valence-electron chi connectivity index (χ1n) is 15.9. The molecule has 0 saturated heterocycles. The number of aromatic nitrogens is 2. The molecule has 4 rings (SSSR count). The van der Waals surface area contributed by atoms with Crippen LogP contribution in [0.15, 0.2) is 66.9 Å². The minimum atomic E-state index is -0.173. The molecule has 41 heavy (non-hydrogen) atoms. The summed E-state index contributed by atoms with van der Waals surface area (Å²) in [6, 6.07) is 20.7. The summed E-state index contributed by atoms with van der Waals surface area (Å²) in [6.07, 6.45) is 18.9. The van der Waals surface area contributed by atoms with Gasteiger partial charge in [-0.15, -0.1) is 0 Å². The number of hydrogen-bond donors (Lipinski definition) is 0. The molecule has 0 amide bonds. The van der Waals surface area contributed by atoms with Crippen molar-refractivity contribution in [2.45, 2.75) is 111 Å². The fourth-order valence-corrected chi connectivity index (χ4v) is 5.59. The van der Waals surface area contributed by atoms with Crippen molar-refractivity contribution in [2.24, 2.45) is 0 Å². The van der Waals surface area contributed by atoms with Gasteiger partial charge in [0.15, 0.2) is 5.75 Å². The van der Waals surface area contributed by atoms with Gasteiger partial charge >= 0.3 is 5.97 Å². The standard InChI is InChI=1S/C37H48N2O2/c1-4-5-6-7-8-9-10-11-12-13-14-15-16-19-34(40)41-37-33-18-17-28-38-39(33)36(32-26-22-30(3)23-27-32)35(37)31-24-20-29(2)21-25-31/h17-18,20-28H,4-16,19H2,1-3H3. The lowest BCUT2D eigenvalue weighted by molar-refractivity contribution is -0.134. The largest absolute Gasteiger partial charge is 0.423 e. The molecule has 0 aliphatic rings. The van der Waals surface area contributed by atoms with E-state index < -0.39 is 0 Å². The van der Waals surface area contributed by atoms with Crippen LogP contribution in [0.4, 0.5) is 0 Å². The van der Waals surface area contributed by atoms with Crippen LogP contribution in [-0.2, 0) is 4.79 Å². The maximum atomic E-state index is 13.1. The van der Waals surface area contributed by atoms with E-state index in [1.165, 1.54) is 81.8 Å². The Bertz CT molecular complexity index is 1350. The number of esters is 1. The van der Waals surface area contributed by atoms with Crippen molar-refractivity contribution in [1.29, 1.82) is 0 Å². The monoisotopic (exact) mass is 552 g/mol. The molecule has 0 atom stereocenters. The molecule has 0 N–H and O–H groups in total. The molecule has 2 aromatic carbocycles. The van der Waals surface area contributed by atoms with E-state index in [4.69, 9.17) is 4.74 Å². The second kappa shape index (κ2) is 16.1. The van der Waals surface area contributed by atoms with Gasteiger partial charge in [0.25, 0.3) is 0 Å². The molecule has 4 heteroatoms. The normalized spacial score (nSPS) is 11.3. The van der Waals surface area contributed by atoms with E-state index in [1.54, 1.807) is 6.20 Å². The highest BCUT2D eigenvalue weighted by atomic mass is 16.5. The summed E-state index contributed by atoms with van der Waals surface area (Å²) < 4.78 is 8.09. The molecule has 0 aliphatic heterocycles. The lowest BCUT2D eigenvalue weighted by Gasteiger charge is -2.10. The lowest BCUT2D eigenvalue weighted by atomic mass is 9.99. The number of fused-ring (bicyclic) bond motifs is 1. The quantitative estimate of drug-likeness (QED) is 0.0966. The van der Waals surface area contributed by atoms with Crippen LogP contribution >= 0.6 is 0 Å². The highest BCUT2D eigenvalue weighted by Gasteiger charge is 2.25. The van der Waals surface area contributed by atoms with E-state index >= 15 is 0 Å². The number of aryl methyl sites for hydroxylation is 2. The smallest absolute Gasteiger partial charge is 0.311 e. The molecule has 0 spiro atoms. The average molecular weight is 553 g/mol. The number of benzene rings is 2. The molecule has 0 fully saturated rings. The predicted molar refractivity (Wildman–Crippen MR) is 171 cm³/mol. The molecule has 4 aromatic rings. The first-order chi connectivity index (χ1) is 20.1. The molecule has 0 radical (unpaired) electrons. The minimum absolute atomic E-state index is 0.173. The van der Waals surface area contributed by atoms with Crippen LogP contribution in [0.25, 0.3) is 27.9 Å². The second-order valence-electron chi connectivity index (χ2n) is 11.6. The molecule has 0 bridgehead atoms. The Labute approximate surface area is 247 Å². The van der Waals surface area contributed by atoms with Gasteiger partial charge in [-0.2, -0.15) is 5.10 Å².